The average molecular weight is 503 g/mol. The number of nitrogens with one attached hydrogen (secondary N) is 1. The molecule has 2 amide bonds. The van der Waals surface area contributed by atoms with Crippen molar-refractivity contribution in [3.8, 4) is 5.75 Å². The highest BCUT2D eigenvalue weighted by molar-refractivity contribution is 6.35. The van der Waals surface area contributed by atoms with E-state index >= 15 is 0 Å². The molecule has 1 N–H and O–H groups in total. The van der Waals surface area contributed by atoms with Crippen LogP contribution in [0.2, 0.25) is 5.02 Å². The van der Waals surface area contributed by atoms with E-state index in [2.05, 4.69) is 31.3 Å². The van der Waals surface area contributed by atoms with Crippen molar-refractivity contribution in [3.05, 3.63) is 46.5 Å². The summed E-state index contributed by atoms with van der Waals surface area (Å²) >= 11 is 6.60. The molecule has 1 aromatic rings. The van der Waals surface area contributed by atoms with Crippen LogP contribution in [0.4, 0.5) is 10.5 Å². The molecule has 3 heterocycles. The van der Waals surface area contributed by atoms with Gasteiger partial charge < -0.3 is 24.4 Å². The molecule has 190 valence electrons. The van der Waals surface area contributed by atoms with Gasteiger partial charge in [-0.3, -0.25) is 4.79 Å². The van der Waals surface area contributed by atoms with Gasteiger partial charge in [0.05, 0.1) is 24.5 Å². The first-order valence-electron chi connectivity index (χ1n) is 12.2. The zero-order valence-corrected chi connectivity index (χ0v) is 21.9. The minimum atomic E-state index is -0.421. The molecule has 0 aliphatic carbocycles. The first-order chi connectivity index (χ1) is 16.6. The van der Waals surface area contributed by atoms with Crippen molar-refractivity contribution in [2.24, 2.45) is 5.92 Å². The molecule has 8 heteroatoms. The summed E-state index contributed by atoms with van der Waals surface area (Å²) < 4.78 is 17.2. The van der Waals surface area contributed by atoms with E-state index in [9.17, 15) is 9.59 Å². The van der Waals surface area contributed by atoms with Crippen molar-refractivity contribution in [1.29, 1.82) is 0 Å². The lowest BCUT2D eigenvalue weighted by Crippen LogP contribution is -2.48. The number of hydrogen-bond acceptors (Lipinski definition) is 5. The predicted molar refractivity (Wildman–Crippen MR) is 136 cm³/mol. The van der Waals surface area contributed by atoms with Gasteiger partial charge in [0.1, 0.15) is 16.9 Å². The highest BCUT2D eigenvalue weighted by Gasteiger charge is 2.57. The largest absolute Gasteiger partial charge is 0.495 e. The first kappa shape index (κ1) is 25.6. The van der Waals surface area contributed by atoms with E-state index in [1.54, 1.807) is 19.1 Å². The van der Waals surface area contributed by atoms with Crippen LogP contribution in [0, 0.1) is 5.92 Å². The summed E-state index contributed by atoms with van der Waals surface area (Å²) in [6.45, 7) is 6.15. The Morgan fingerprint density at radius 3 is 2.80 bits per heavy atom. The van der Waals surface area contributed by atoms with Gasteiger partial charge >= 0.3 is 6.09 Å². The lowest BCUT2D eigenvalue weighted by molar-refractivity contribution is -0.118. The Bertz CT molecular complexity index is 1050. The number of ether oxygens (including phenoxy) is 3. The molecular formula is C27H35ClN2O5. The summed E-state index contributed by atoms with van der Waals surface area (Å²) in [5.41, 5.74) is 2.37. The van der Waals surface area contributed by atoms with E-state index in [1.807, 2.05) is 25.1 Å². The summed E-state index contributed by atoms with van der Waals surface area (Å²) in [6, 6.07) is 3.88. The molecule has 1 aromatic carbocycles. The van der Waals surface area contributed by atoms with Gasteiger partial charge in [0.2, 0.25) is 5.91 Å². The van der Waals surface area contributed by atoms with Gasteiger partial charge in [-0.05, 0) is 50.8 Å². The molecule has 2 unspecified atom stereocenters. The lowest BCUT2D eigenvalue weighted by Gasteiger charge is -2.33. The topological polar surface area (TPSA) is 80.4 Å². The molecule has 35 heavy (non-hydrogen) atoms. The van der Waals surface area contributed by atoms with Gasteiger partial charge in [0.25, 0.3) is 0 Å². The number of epoxide rings is 1. The van der Waals surface area contributed by atoms with Crippen LogP contribution in [-0.2, 0) is 20.7 Å². The monoisotopic (exact) mass is 502 g/mol. The van der Waals surface area contributed by atoms with Gasteiger partial charge in [0.15, 0.2) is 0 Å². The second-order valence-corrected chi connectivity index (χ2v) is 10.5. The first-order valence-corrected chi connectivity index (χ1v) is 12.6. The standard InChI is InChI=1S/C27H35ClN2O5/c1-16-8-6-7-9-19-15-21(34-26(32)29-19)17(2)25-27(3,35-25)11-10-23(31)30(4)20-13-18(12-16)14-22(33-5)24(20)28/h6-8,13-14,17,19,21,25H,9-12,15H2,1-5H3,(H,29,32)/b7-6+,16-8+/t17-,19?,21?,25+,27+/m1/s1. The number of anilines is 1. The lowest BCUT2D eigenvalue weighted by atomic mass is 9.86. The van der Waals surface area contributed by atoms with Crippen LogP contribution in [0.1, 0.15) is 52.0 Å². The minimum absolute atomic E-state index is 0.0130. The molecule has 4 bridgehead atoms. The fourth-order valence-electron chi connectivity index (χ4n) is 5.16. The molecule has 3 aliphatic rings. The number of carbonyl (C=O) groups excluding carboxylic acids is 2. The second-order valence-electron chi connectivity index (χ2n) is 10.2. The Morgan fingerprint density at radius 1 is 1.29 bits per heavy atom. The van der Waals surface area contributed by atoms with E-state index in [0.29, 0.717) is 35.7 Å². The SMILES string of the molecule is COc1cc2cc(c1Cl)N(C)C(=O)CC[C@]1(C)O[C@H]1[C@H](C)C1CC(C/C=C/C=C(\C)C2)NC(=O)O1. The van der Waals surface area contributed by atoms with Crippen LogP contribution in [-0.4, -0.2) is 50.0 Å². The average Bonchev–Trinajstić information content (AvgIpc) is 3.50. The van der Waals surface area contributed by atoms with Crippen molar-refractivity contribution in [2.45, 2.75) is 76.7 Å². The number of halogens is 1. The number of allylic oxidation sites excluding steroid dienone is 3. The van der Waals surface area contributed by atoms with Crippen molar-refractivity contribution >= 4 is 29.3 Å². The number of nitrogens with zero attached hydrogens (tertiary/aromatic N) is 1. The zero-order valence-electron chi connectivity index (χ0n) is 21.1. The van der Waals surface area contributed by atoms with Crippen molar-refractivity contribution < 1.29 is 23.8 Å². The van der Waals surface area contributed by atoms with Gasteiger partial charge in [-0.15, -0.1) is 0 Å². The van der Waals surface area contributed by atoms with Gasteiger partial charge in [-0.25, -0.2) is 4.79 Å². The van der Waals surface area contributed by atoms with Gasteiger partial charge in [-0.1, -0.05) is 42.3 Å². The third kappa shape index (κ3) is 5.67. The maximum absolute atomic E-state index is 13.2. The molecule has 7 nitrogen and oxygen atoms in total. The number of amides is 2. The second kappa shape index (κ2) is 10.2. The number of benzene rings is 1. The molecule has 5 atom stereocenters. The van der Waals surface area contributed by atoms with E-state index in [-0.39, 0.29) is 36.2 Å². The van der Waals surface area contributed by atoms with Crippen molar-refractivity contribution in [2.75, 3.05) is 19.1 Å². The number of fused-ring (bicyclic) bond motifs is 5. The fraction of sp³-hybridized carbons (Fsp3) is 0.556. The summed E-state index contributed by atoms with van der Waals surface area (Å²) in [4.78, 5) is 27.0. The molecule has 3 aliphatic heterocycles. The van der Waals surface area contributed by atoms with Gasteiger partial charge in [0, 0.05) is 31.8 Å². The molecule has 2 saturated heterocycles. The summed E-state index contributed by atoms with van der Waals surface area (Å²) in [5, 5.41) is 3.35. The maximum Gasteiger partial charge on any atom is 0.407 e. The minimum Gasteiger partial charge on any atom is -0.495 e. The molecule has 0 spiro atoms. The Balaban J connectivity index is 1.63. The van der Waals surface area contributed by atoms with Crippen LogP contribution < -0.4 is 15.0 Å². The fourth-order valence-corrected chi connectivity index (χ4v) is 5.48. The Morgan fingerprint density at radius 2 is 2.06 bits per heavy atom. The summed E-state index contributed by atoms with van der Waals surface area (Å²) in [6.07, 6.45) is 8.53. The van der Waals surface area contributed by atoms with Crippen LogP contribution in [0.25, 0.3) is 0 Å². The predicted octanol–water partition coefficient (Wildman–Crippen LogP) is 5.20. The van der Waals surface area contributed by atoms with Crippen LogP contribution in [0.5, 0.6) is 5.75 Å². The molecule has 0 aromatic heterocycles. The number of alkyl carbamates (subject to hydrolysis) is 1. The Hall–Kier alpha value is -2.51. The summed E-state index contributed by atoms with van der Waals surface area (Å²) in [5.74, 6) is 0.531. The normalized spacial score (nSPS) is 34.1. The number of rotatable bonds is 1. The van der Waals surface area contributed by atoms with Crippen molar-refractivity contribution in [3.63, 3.8) is 0 Å². The Labute approximate surface area is 212 Å². The number of hydrogen-bond donors (Lipinski definition) is 1. The zero-order chi connectivity index (χ0) is 25.3. The molecular weight excluding hydrogens is 468 g/mol. The van der Waals surface area contributed by atoms with Crippen LogP contribution >= 0.6 is 11.6 Å². The van der Waals surface area contributed by atoms with Crippen molar-refractivity contribution in [1.82, 2.24) is 5.32 Å². The van der Waals surface area contributed by atoms with E-state index in [0.717, 1.165) is 24.0 Å². The van der Waals surface area contributed by atoms with E-state index in [4.69, 9.17) is 25.8 Å². The number of carbonyl (C=O) groups is 2. The van der Waals surface area contributed by atoms with Crippen LogP contribution in [0.3, 0.4) is 0 Å². The Kier molecular flexibility index (Phi) is 7.48. The van der Waals surface area contributed by atoms with Crippen LogP contribution in [0.15, 0.2) is 35.9 Å². The quantitative estimate of drug-likeness (QED) is 0.534. The van der Waals surface area contributed by atoms with E-state index < -0.39 is 5.60 Å². The smallest absolute Gasteiger partial charge is 0.407 e. The third-order valence-corrected chi connectivity index (χ3v) is 7.77. The highest BCUT2D eigenvalue weighted by atomic mass is 35.5. The third-order valence-electron chi connectivity index (χ3n) is 7.39. The molecule has 4 rings (SSSR count). The van der Waals surface area contributed by atoms with Gasteiger partial charge in [-0.2, -0.15) is 0 Å². The van der Waals surface area contributed by atoms with E-state index in [1.165, 1.54) is 0 Å². The molecule has 0 saturated carbocycles. The maximum atomic E-state index is 13.2. The molecule has 0 radical (unpaired) electrons. The number of methoxy groups -OCH3 is 1. The summed E-state index contributed by atoms with van der Waals surface area (Å²) in [7, 11) is 3.32. The highest BCUT2D eigenvalue weighted by Crippen LogP contribution is 2.47. The molecule has 2 fully saturated rings.